The van der Waals surface area contributed by atoms with E-state index in [2.05, 4.69) is 28.8 Å². The summed E-state index contributed by atoms with van der Waals surface area (Å²) in [5.41, 5.74) is 2.99. The Morgan fingerprint density at radius 3 is 2.56 bits per heavy atom. The van der Waals surface area contributed by atoms with E-state index in [1.54, 1.807) is 18.2 Å². The molecular weight excluding hydrogens is 382 g/mol. The van der Waals surface area contributed by atoms with Crippen molar-refractivity contribution in [3.05, 3.63) is 42.0 Å². The van der Waals surface area contributed by atoms with E-state index in [-0.39, 0.29) is 10.8 Å². The van der Waals surface area contributed by atoms with Crippen LogP contribution in [0, 0.1) is 6.92 Å². The molecule has 8 heteroatoms. The molecule has 2 aromatic carbocycles. The van der Waals surface area contributed by atoms with Crippen LogP contribution in [0.3, 0.4) is 0 Å². The quantitative estimate of drug-likeness (QED) is 0.766. The van der Waals surface area contributed by atoms with Crippen molar-refractivity contribution in [2.45, 2.75) is 30.6 Å². The van der Waals surface area contributed by atoms with E-state index in [1.165, 1.54) is 17.8 Å². The number of carbonyl (C=O) groups excluding carboxylic acids is 1. The van der Waals surface area contributed by atoms with Crippen LogP contribution in [0.2, 0.25) is 0 Å². The minimum absolute atomic E-state index is 0.122. The number of benzene rings is 2. The number of carbonyl (C=O) groups is 1. The molecule has 1 aliphatic heterocycles. The highest BCUT2D eigenvalue weighted by atomic mass is 32.2. The maximum absolute atomic E-state index is 12.8. The van der Waals surface area contributed by atoms with Gasteiger partial charge in [0.1, 0.15) is 0 Å². The van der Waals surface area contributed by atoms with E-state index >= 15 is 0 Å². The SMILES string of the molecule is CCN(CC)c1ccc(NS(=O)(=O)c2ccc3c(c2)NC(=O)CS3)c(C)c1. The smallest absolute Gasteiger partial charge is 0.261 e. The zero-order valence-corrected chi connectivity index (χ0v) is 17.2. The van der Waals surface area contributed by atoms with Crippen LogP contribution >= 0.6 is 11.8 Å². The number of sulfonamides is 1. The molecule has 0 saturated heterocycles. The van der Waals surface area contributed by atoms with Crippen LogP contribution in [-0.4, -0.2) is 33.2 Å². The van der Waals surface area contributed by atoms with E-state index in [0.717, 1.165) is 29.2 Å². The standard InChI is InChI=1S/C19H23N3O3S2/c1-4-22(5-2)14-6-8-16(13(3)10-14)21-27(24,25)15-7-9-18-17(11-15)20-19(23)12-26-18/h6-11,21H,4-5,12H2,1-3H3,(H,20,23). The Labute approximate surface area is 164 Å². The Balaban J connectivity index is 1.87. The molecule has 144 valence electrons. The average molecular weight is 406 g/mol. The Kier molecular flexibility index (Phi) is 5.67. The first kappa shape index (κ1) is 19.6. The largest absolute Gasteiger partial charge is 0.372 e. The molecule has 0 bridgehead atoms. The number of fused-ring (bicyclic) bond motifs is 1. The lowest BCUT2D eigenvalue weighted by Gasteiger charge is -2.22. The summed E-state index contributed by atoms with van der Waals surface area (Å²) >= 11 is 1.40. The highest BCUT2D eigenvalue weighted by molar-refractivity contribution is 8.00. The van der Waals surface area contributed by atoms with Crippen molar-refractivity contribution in [2.75, 3.05) is 33.8 Å². The Morgan fingerprint density at radius 2 is 1.89 bits per heavy atom. The van der Waals surface area contributed by atoms with Gasteiger partial charge in [-0.25, -0.2) is 8.42 Å². The van der Waals surface area contributed by atoms with Crippen molar-refractivity contribution in [1.29, 1.82) is 0 Å². The molecule has 0 radical (unpaired) electrons. The molecule has 6 nitrogen and oxygen atoms in total. The van der Waals surface area contributed by atoms with Crippen LogP contribution in [0.5, 0.6) is 0 Å². The molecule has 0 aliphatic carbocycles. The summed E-state index contributed by atoms with van der Waals surface area (Å²) < 4.78 is 28.3. The summed E-state index contributed by atoms with van der Waals surface area (Å²) in [7, 11) is -3.76. The molecule has 0 fully saturated rings. The van der Waals surface area contributed by atoms with Crippen LogP contribution in [0.4, 0.5) is 17.1 Å². The molecule has 2 aromatic rings. The summed E-state index contributed by atoms with van der Waals surface area (Å²) in [4.78, 5) is 14.8. The Bertz CT molecular complexity index is 970. The number of hydrogen-bond donors (Lipinski definition) is 2. The van der Waals surface area contributed by atoms with E-state index in [9.17, 15) is 13.2 Å². The summed E-state index contributed by atoms with van der Waals surface area (Å²) in [5.74, 6) is 0.216. The molecule has 0 atom stereocenters. The molecule has 0 saturated carbocycles. The van der Waals surface area contributed by atoms with E-state index in [1.807, 2.05) is 19.1 Å². The van der Waals surface area contributed by atoms with E-state index in [0.29, 0.717) is 17.1 Å². The van der Waals surface area contributed by atoms with Gasteiger partial charge in [0, 0.05) is 23.7 Å². The van der Waals surface area contributed by atoms with Crippen LogP contribution in [0.25, 0.3) is 0 Å². The number of amides is 1. The molecule has 0 aromatic heterocycles. The molecule has 1 amide bonds. The van der Waals surface area contributed by atoms with E-state index in [4.69, 9.17) is 0 Å². The number of thioether (sulfide) groups is 1. The van der Waals surface area contributed by atoms with Gasteiger partial charge in [0.25, 0.3) is 10.0 Å². The summed E-state index contributed by atoms with van der Waals surface area (Å²) in [6, 6.07) is 10.5. The maximum atomic E-state index is 12.8. The molecule has 0 spiro atoms. The third kappa shape index (κ3) is 4.22. The topological polar surface area (TPSA) is 78.5 Å². The number of anilines is 3. The lowest BCUT2D eigenvalue weighted by molar-refractivity contribution is -0.113. The van der Waals surface area contributed by atoms with Gasteiger partial charge in [-0.15, -0.1) is 11.8 Å². The summed E-state index contributed by atoms with van der Waals surface area (Å²) in [6.07, 6.45) is 0. The van der Waals surface area contributed by atoms with Crippen molar-refractivity contribution in [3.63, 3.8) is 0 Å². The first-order valence-electron chi connectivity index (χ1n) is 8.79. The minimum Gasteiger partial charge on any atom is -0.372 e. The van der Waals surface area contributed by atoms with E-state index < -0.39 is 10.0 Å². The molecule has 2 N–H and O–H groups in total. The van der Waals surface area contributed by atoms with Crippen molar-refractivity contribution in [3.8, 4) is 0 Å². The normalized spacial score (nSPS) is 13.7. The average Bonchev–Trinajstić information content (AvgIpc) is 2.64. The van der Waals surface area contributed by atoms with Gasteiger partial charge in [0.2, 0.25) is 5.91 Å². The number of nitrogens with zero attached hydrogens (tertiary/aromatic N) is 1. The van der Waals surface area contributed by atoms with Gasteiger partial charge in [-0.05, 0) is 62.7 Å². The zero-order valence-electron chi connectivity index (χ0n) is 15.6. The van der Waals surface area contributed by atoms with Gasteiger partial charge in [-0.1, -0.05) is 0 Å². The number of nitrogens with one attached hydrogen (secondary N) is 2. The Hall–Kier alpha value is -2.19. The molecule has 1 heterocycles. The van der Waals surface area contributed by atoms with Crippen LogP contribution in [-0.2, 0) is 14.8 Å². The molecular formula is C19H23N3O3S2. The lowest BCUT2D eigenvalue weighted by Crippen LogP contribution is -2.22. The fraction of sp³-hybridized carbons (Fsp3) is 0.316. The second-order valence-corrected chi connectivity index (χ2v) is 8.97. The van der Waals surface area contributed by atoms with Crippen molar-refractivity contribution < 1.29 is 13.2 Å². The first-order valence-corrected chi connectivity index (χ1v) is 11.3. The van der Waals surface area contributed by atoms with Gasteiger partial charge < -0.3 is 10.2 Å². The molecule has 3 rings (SSSR count). The van der Waals surface area contributed by atoms with Crippen molar-refractivity contribution in [1.82, 2.24) is 0 Å². The maximum Gasteiger partial charge on any atom is 0.261 e. The van der Waals surface area contributed by atoms with Crippen LogP contribution in [0.1, 0.15) is 19.4 Å². The van der Waals surface area contributed by atoms with Crippen LogP contribution < -0.4 is 14.9 Å². The zero-order chi connectivity index (χ0) is 19.6. The monoisotopic (exact) mass is 405 g/mol. The number of hydrogen-bond acceptors (Lipinski definition) is 5. The highest BCUT2D eigenvalue weighted by Crippen LogP contribution is 2.34. The highest BCUT2D eigenvalue weighted by Gasteiger charge is 2.21. The van der Waals surface area contributed by atoms with Crippen LogP contribution in [0.15, 0.2) is 46.2 Å². The predicted molar refractivity (Wildman–Crippen MR) is 111 cm³/mol. The van der Waals surface area contributed by atoms with Gasteiger partial charge in [-0.2, -0.15) is 0 Å². The van der Waals surface area contributed by atoms with Gasteiger partial charge in [0.15, 0.2) is 0 Å². The molecule has 27 heavy (non-hydrogen) atoms. The van der Waals surface area contributed by atoms with Gasteiger partial charge in [-0.3, -0.25) is 9.52 Å². The third-order valence-electron chi connectivity index (χ3n) is 4.48. The summed E-state index contributed by atoms with van der Waals surface area (Å²) in [5, 5.41) is 2.72. The van der Waals surface area contributed by atoms with Gasteiger partial charge >= 0.3 is 0 Å². The predicted octanol–water partition coefficient (Wildman–Crippen LogP) is 3.69. The molecule has 1 aliphatic rings. The van der Waals surface area contributed by atoms with Crippen molar-refractivity contribution in [2.24, 2.45) is 0 Å². The lowest BCUT2D eigenvalue weighted by atomic mass is 10.1. The second-order valence-electron chi connectivity index (χ2n) is 6.27. The van der Waals surface area contributed by atoms with Gasteiger partial charge in [0.05, 0.1) is 22.0 Å². The second kappa shape index (κ2) is 7.82. The number of rotatable bonds is 6. The molecule has 0 unspecified atom stereocenters. The minimum atomic E-state index is -3.76. The summed E-state index contributed by atoms with van der Waals surface area (Å²) in [6.45, 7) is 7.83. The first-order chi connectivity index (χ1) is 12.8. The number of aryl methyl sites for hydroxylation is 1. The van der Waals surface area contributed by atoms with Crippen molar-refractivity contribution >= 4 is 44.8 Å². The Morgan fingerprint density at radius 1 is 1.15 bits per heavy atom. The fourth-order valence-corrected chi connectivity index (χ4v) is 4.93. The third-order valence-corrected chi connectivity index (χ3v) is 6.91. The fourth-order valence-electron chi connectivity index (χ4n) is 2.98.